The Balaban J connectivity index is 2.08. The van der Waals surface area contributed by atoms with Gasteiger partial charge in [-0.25, -0.2) is 4.98 Å². The molecule has 0 saturated carbocycles. The van der Waals surface area contributed by atoms with Gasteiger partial charge in [0, 0.05) is 36.6 Å². The Morgan fingerprint density at radius 3 is 2.39 bits per heavy atom. The second-order valence-electron chi connectivity index (χ2n) is 5.88. The Hall–Kier alpha value is -2.63. The molecule has 0 aliphatic heterocycles. The van der Waals surface area contributed by atoms with Crippen LogP contribution >= 0.6 is 0 Å². The number of carbonyl (C=O) groups excluding carboxylic acids is 1. The second-order valence-corrected chi connectivity index (χ2v) is 5.88. The van der Waals surface area contributed by atoms with Gasteiger partial charge in [0.15, 0.2) is 0 Å². The standard InChI is InChI=1S/C17H23N5O/c1-11(2)10-18-17-19-12(3)9-16(22-17)21-15-7-5-14(6-8-15)20-13(4)23/h5-9,11H,10H2,1-4H3,(H,20,23)(H2,18,19,21,22). The molecule has 0 unspecified atom stereocenters. The minimum atomic E-state index is -0.0852. The van der Waals surface area contributed by atoms with Crippen LogP contribution in [-0.4, -0.2) is 22.4 Å². The van der Waals surface area contributed by atoms with Crippen molar-refractivity contribution in [3.05, 3.63) is 36.0 Å². The van der Waals surface area contributed by atoms with E-state index in [1.807, 2.05) is 37.3 Å². The smallest absolute Gasteiger partial charge is 0.224 e. The van der Waals surface area contributed by atoms with Crippen LogP contribution in [0.3, 0.4) is 0 Å². The van der Waals surface area contributed by atoms with Gasteiger partial charge in [0.2, 0.25) is 11.9 Å². The maximum Gasteiger partial charge on any atom is 0.224 e. The van der Waals surface area contributed by atoms with Crippen LogP contribution in [0.25, 0.3) is 0 Å². The minimum Gasteiger partial charge on any atom is -0.354 e. The molecular weight excluding hydrogens is 290 g/mol. The highest BCUT2D eigenvalue weighted by atomic mass is 16.1. The molecule has 1 heterocycles. The summed E-state index contributed by atoms with van der Waals surface area (Å²) >= 11 is 0. The number of carbonyl (C=O) groups is 1. The first-order chi connectivity index (χ1) is 10.9. The third-order valence-electron chi connectivity index (χ3n) is 3.00. The third-order valence-corrected chi connectivity index (χ3v) is 3.00. The number of amides is 1. The highest BCUT2D eigenvalue weighted by molar-refractivity contribution is 5.88. The van der Waals surface area contributed by atoms with Crippen molar-refractivity contribution < 1.29 is 4.79 Å². The molecule has 1 aromatic carbocycles. The lowest BCUT2D eigenvalue weighted by Crippen LogP contribution is -2.11. The Bertz CT molecular complexity index is 667. The van der Waals surface area contributed by atoms with Crippen molar-refractivity contribution in [1.82, 2.24) is 9.97 Å². The highest BCUT2D eigenvalue weighted by Crippen LogP contribution is 2.19. The van der Waals surface area contributed by atoms with Gasteiger partial charge >= 0.3 is 0 Å². The largest absolute Gasteiger partial charge is 0.354 e. The van der Waals surface area contributed by atoms with Crippen LogP contribution < -0.4 is 16.0 Å². The first kappa shape index (κ1) is 16.7. The van der Waals surface area contributed by atoms with E-state index in [0.29, 0.717) is 11.9 Å². The molecule has 23 heavy (non-hydrogen) atoms. The Morgan fingerprint density at radius 1 is 1.13 bits per heavy atom. The molecule has 0 atom stereocenters. The van der Waals surface area contributed by atoms with Crippen molar-refractivity contribution in [2.45, 2.75) is 27.7 Å². The summed E-state index contributed by atoms with van der Waals surface area (Å²) in [5.74, 6) is 1.79. The van der Waals surface area contributed by atoms with E-state index in [1.165, 1.54) is 6.92 Å². The monoisotopic (exact) mass is 313 g/mol. The number of rotatable bonds is 6. The van der Waals surface area contributed by atoms with E-state index in [4.69, 9.17) is 0 Å². The van der Waals surface area contributed by atoms with Gasteiger partial charge in [-0.2, -0.15) is 4.98 Å². The average molecular weight is 313 g/mol. The van der Waals surface area contributed by atoms with Crippen molar-refractivity contribution in [3.8, 4) is 0 Å². The molecule has 3 N–H and O–H groups in total. The molecule has 2 rings (SSSR count). The molecule has 0 saturated heterocycles. The van der Waals surface area contributed by atoms with E-state index in [1.54, 1.807) is 0 Å². The van der Waals surface area contributed by atoms with Gasteiger partial charge in [0.05, 0.1) is 0 Å². The van der Waals surface area contributed by atoms with Crippen molar-refractivity contribution in [3.63, 3.8) is 0 Å². The fraction of sp³-hybridized carbons (Fsp3) is 0.353. The minimum absolute atomic E-state index is 0.0852. The molecule has 0 radical (unpaired) electrons. The van der Waals surface area contributed by atoms with Crippen LogP contribution in [0.5, 0.6) is 0 Å². The molecule has 122 valence electrons. The molecule has 6 nitrogen and oxygen atoms in total. The third kappa shape index (κ3) is 5.58. The van der Waals surface area contributed by atoms with Gasteiger partial charge in [-0.05, 0) is 37.1 Å². The summed E-state index contributed by atoms with van der Waals surface area (Å²) in [5, 5.41) is 9.22. The van der Waals surface area contributed by atoms with Crippen molar-refractivity contribution in [2.24, 2.45) is 5.92 Å². The quantitative estimate of drug-likeness (QED) is 0.760. The number of hydrogen-bond donors (Lipinski definition) is 3. The van der Waals surface area contributed by atoms with Crippen molar-refractivity contribution in [2.75, 3.05) is 22.5 Å². The zero-order valence-electron chi connectivity index (χ0n) is 14.0. The molecule has 6 heteroatoms. The lowest BCUT2D eigenvalue weighted by atomic mass is 10.2. The van der Waals surface area contributed by atoms with Gasteiger partial charge < -0.3 is 16.0 Å². The first-order valence-corrected chi connectivity index (χ1v) is 7.66. The molecule has 2 aromatic rings. The van der Waals surface area contributed by atoms with Gasteiger partial charge in [-0.15, -0.1) is 0 Å². The van der Waals surface area contributed by atoms with Crippen LogP contribution in [0.15, 0.2) is 30.3 Å². The molecular formula is C17H23N5O. The SMILES string of the molecule is CC(=O)Nc1ccc(Nc2cc(C)nc(NCC(C)C)n2)cc1. The average Bonchev–Trinajstić information content (AvgIpc) is 2.46. The molecule has 0 aliphatic rings. The lowest BCUT2D eigenvalue weighted by Gasteiger charge is -2.11. The van der Waals surface area contributed by atoms with Crippen LogP contribution in [-0.2, 0) is 4.79 Å². The van der Waals surface area contributed by atoms with E-state index in [0.717, 1.165) is 29.4 Å². The molecule has 1 amide bonds. The summed E-state index contributed by atoms with van der Waals surface area (Å²) in [6.45, 7) is 8.53. The summed E-state index contributed by atoms with van der Waals surface area (Å²) in [5.41, 5.74) is 2.55. The zero-order chi connectivity index (χ0) is 16.8. The van der Waals surface area contributed by atoms with Crippen LogP contribution in [0, 0.1) is 12.8 Å². The maximum absolute atomic E-state index is 11.0. The van der Waals surface area contributed by atoms with Crippen LogP contribution in [0.1, 0.15) is 26.5 Å². The summed E-state index contributed by atoms with van der Waals surface area (Å²) in [7, 11) is 0. The van der Waals surface area contributed by atoms with E-state index in [-0.39, 0.29) is 5.91 Å². The Labute approximate surface area is 136 Å². The topological polar surface area (TPSA) is 78.9 Å². The number of aryl methyl sites for hydroxylation is 1. The van der Waals surface area contributed by atoms with Crippen LogP contribution in [0.2, 0.25) is 0 Å². The molecule has 0 spiro atoms. The molecule has 0 aliphatic carbocycles. The Kier molecular flexibility index (Phi) is 5.51. The van der Waals surface area contributed by atoms with Crippen molar-refractivity contribution in [1.29, 1.82) is 0 Å². The van der Waals surface area contributed by atoms with Gasteiger partial charge in [-0.3, -0.25) is 4.79 Å². The highest BCUT2D eigenvalue weighted by Gasteiger charge is 2.04. The molecule has 0 bridgehead atoms. The molecule has 0 fully saturated rings. The van der Waals surface area contributed by atoms with E-state index >= 15 is 0 Å². The number of nitrogens with zero attached hydrogens (tertiary/aromatic N) is 2. The zero-order valence-corrected chi connectivity index (χ0v) is 14.0. The van der Waals surface area contributed by atoms with E-state index in [2.05, 4.69) is 39.8 Å². The normalized spacial score (nSPS) is 10.5. The Morgan fingerprint density at radius 2 is 1.78 bits per heavy atom. The summed E-state index contributed by atoms with van der Waals surface area (Å²) in [6.07, 6.45) is 0. The van der Waals surface area contributed by atoms with Crippen molar-refractivity contribution >= 4 is 29.0 Å². The van der Waals surface area contributed by atoms with E-state index in [9.17, 15) is 4.79 Å². The second kappa shape index (κ2) is 7.58. The van der Waals surface area contributed by atoms with Gasteiger partial charge in [0.25, 0.3) is 0 Å². The number of nitrogens with one attached hydrogen (secondary N) is 3. The van der Waals surface area contributed by atoms with Gasteiger partial charge in [0.1, 0.15) is 5.82 Å². The molecule has 1 aromatic heterocycles. The summed E-state index contributed by atoms with van der Waals surface area (Å²) in [4.78, 5) is 19.9. The number of aromatic nitrogens is 2. The predicted molar refractivity (Wildman–Crippen MR) is 94.1 cm³/mol. The van der Waals surface area contributed by atoms with Crippen LogP contribution in [0.4, 0.5) is 23.1 Å². The summed E-state index contributed by atoms with van der Waals surface area (Å²) < 4.78 is 0. The maximum atomic E-state index is 11.0. The number of hydrogen-bond acceptors (Lipinski definition) is 5. The van der Waals surface area contributed by atoms with Gasteiger partial charge in [-0.1, -0.05) is 13.8 Å². The predicted octanol–water partition coefficient (Wildman–Crippen LogP) is 3.55. The van der Waals surface area contributed by atoms with E-state index < -0.39 is 0 Å². The fourth-order valence-electron chi connectivity index (χ4n) is 2.00. The lowest BCUT2D eigenvalue weighted by molar-refractivity contribution is -0.114. The number of anilines is 4. The number of benzene rings is 1. The summed E-state index contributed by atoms with van der Waals surface area (Å²) in [6, 6.07) is 9.36. The first-order valence-electron chi connectivity index (χ1n) is 7.66. The fourth-order valence-corrected chi connectivity index (χ4v) is 2.00.